The van der Waals surface area contributed by atoms with Gasteiger partial charge in [0.05, 0.1) is 34.8 Å². The molecule has 2 aromatic rings. The summed E-state index contributed by atoms with van der Waals surface area (Å²) in [4.78, 5) is 0.154. The molecule has 8 nitrogen and oxygen atoms in total. The fraction of sp³-hybridized carbons (Fsp3) is 0.429. The van der Waals surface area contributed by atoms with Crippen molar-refractivity contribution in [2.45, 2.75) is 54.2 Å². The Morgan fingerprint density at radius 1 is 1.03 bits per heavy atom. The maximum atomic E-state index is 12.7. The number of ether oxygens (including phenoxy) is 1. The van der Waals surface area contributed by atoms with Crippen LogP contribution >= 0.6 is 11.6 Å². The molecule has 0 aromatic heterocycles. The van der Waals surface area contributed by atoms with E-state index in [0.29, 0.717) is 19.3 Å². The number of halogens is 1. The molecule has 3 N–H and O–H groups in total. The Morgan fingerprint density at radius 3 is 2.38 bits per heavy atom. The Hall–Kier alpha value is -1.53. The highest BCUT2D eigenvalue weighted by Gasteiger charge is 2.34. The Kier molecular flexibility index (Phi) is 8.31. The zero-order chi connectivity index (χ0) is 23.4. The third kappa shape index (κ3) is 6.28. The Bertz CT molecular complexity index is 1120. The molecular weight excluding hydrogens is 476 g/mol. The van der Waals surface area contributed by atoms with E-state index in [9.17, 15) is 21.9 Å². The first kappa shape index (κ1) is 25.1. The monoisotopic (exact) mass is 502 g/mol. The Balaban J connectivity index is 1.55. The van der Waals surface area contributed by atoms with Gasteiger partial charge >= 0.3 is 0 Å². The summed E-state index contributed by atoms with van der Waals surface area (Å²) in [5.41, 5.74) is 0.967. The summed E-state index contributed by atoms with van der Waals surface area (Å²) in [6.45, 7) is 1.67. The van der Waals surface area contributed by atoms with Crippen LogP contribution in [-0.2, 0) is 24.8 Å². The van der Waals surface area contributed by atoms with Gasteiger partial charge in [-0.1, -0.05) is 41.4 Å². The van der Waals surface area contributed by atoms with Gasteiger partial charge < -0.3 is 9.84 Å². The zero-order valence-corrected chi connectivity index (χ0v) is 20.0. The molecule has 1 heterocycles. The highest BCUT2D eigenvalue weighted by atomic mass is 35.5. The van der Waals surface area contributed by atoms with Crippen molar-refractivity contribution in [3.05, 3.63) is 59.1 Å². The summed E-state index contributed by atoms with van der Waals surface area (Å²) >= 11 is 6.01. The van der Waals surface area contributed by atoms with Crippen molar-refractivity contribution in [3.8, 4) is 0 Å². The summed E-state index contributed by atoms with van der Waals surface area (Å²) in [5, 5.41) is 9.84. The van der Waals surface area contributed by atoms with Gasteiger partial charge in [0.1, 0.15) is 4.90 Å². The minimum absolute atomic E-state index is 0.0361. The van der Waals surface area contributed by atoms with E-state index in [0.717, 1.165) is 5.56 Å². The lowest BCUT2D eigenvalue weighted by molar-refractivity contribution is -0.0869. The number of aliphatic hydroxyl groups is 1. The molecule has 0 saturated carbocycles. The van der Waals surface area contributed by atoms with Crippen LogP contribution in [0.15, 0.2) is 58.3 Å². The third-order valence-corrected chi connectivity index (χ3v) is 8.78. The second kappa shape index (κ2) is 10.6. The highest BCUT2D eigenvalue weighted by Crippen LogP contribution is 2.25. The first-order chi connectivity index (χ1) is 15.1. The lowest BCUT2D eigenvalue weighted by Crippen LogP contribution is -2.51. The molecule has 0 spiro atoms. The van der Waals surface area contributed by atoms with E-state index >= 15 is 0 Å². The van der Waals surface area contributed by atoms with Crippen LogP contribution in [-0.4, -0.2) is 53.3 Å². The minimum atomic E-state index is -3.89. The minimum Gasteiger partial charge on any atom is -0.394 e. The first-order valence-corrected chi connectivity index (χ1v) is 13.6. The fourth-order valence-electron chi connectivity index (χ4n) is 3.56. The van der Waals surface area contributed by atoms with Crippen LogP contribution < -0.4 is 9.44 Å². The van der Waals surface area contributed by atoms with Crippen LogP contribution in [0.2, 0.25) is 5.02 Å². The smallest absolute Gasteiger partial charge is 0.242 e. The van der Waals surface area contributed by atoms with Crippen molar-refractivity contribution in [3.63, 3.8) is 0 Å². The zero-order valence-electron chi connectivity index (χ0n) is 17.6. The Labute approximate surface area is 194 Å². The molecule has 3 rings (SSSR count). The summed E-state index contributed by atoms with van der Waals surface area (Å²) in [5.74, 6) is 0. The summed E-state index contributed by atoms with van der Waals surface area (Å²) in [6, 6.07) is 12.0. The van der Waals surface area contributed by atoms with E-state index in [2.05, 4.69) is 9.44 Å². The lowest BCUT2D eigenvalue weighted by atomic mass is 9.98. The normalized spacial score (nSPS) is 22.0. The molecule has 0 aliphatic carbocycles. The number of sulfonamides is 2. The molecule has 1 aliphatic heterocycles. The average Bonchev–Trinajstić information content (AvgIpc) is 2.75. The van der Waals surface area contributed by atoms with Crippen LogP contribution in [0.3, 0.4) is 0 Å². The highest BCUT2D eigenvalue weighted by molar-refractivity contribution is 7.89. The molecule has 0 bridgehead atoms. The van der Waals surface area contributed by atoms with E-state index in [1.54, 1.807) is 36.4 Å². The van der Waals surface area contributed by atoms with E-state index in [1.807, 2.05) is 6.92 Å². The predicted octanol–water partition coefficient (Wildman–Crippen LogP) is 2.20. The van der Waals surface area contributed by atoms with E-state index in [-0.39, 0.29) is 34.1 Å². The van der Waals surface area contributed by atoms with Crippen LogP contribution in [0.1, 0.15) is 24.8 Å². The van der Waals surface area contributed by atoms with E-state index in [4.69, 9.17) is 16.3 Å². The van der Waals surface area contributed by atoms with Crippen molar-refractivity contribution in [2.24, 2.45) is 0 Å². The molecule has 1 aliphatic rings. The molecule has 1 saturated heterocycles. The average molecular weight is 503 g/mol. The molecule has 0 amide bonds. The number of rotatable bonds is 9. The summed E-state index contributed by atoms with van der Waals surface area (Å²) < 4.78 is 61.2. The largest absolute Gasteiger partial charge is 0.394 e. The van der Waals surface area contributed by atoms with Gasteiger partial charge in [-0.15, -0.1) is 0 Å². The lowest BCUT2D eigenvalue weighted by Gasteiger charge is -2.36. The SMILES string of the molecule is Cc1ccc(S(=O)(=O)NCC[C@@H]2CC[C@@H](NS(=O)(=O)c3ccccc3Cl)[C@@H](CO)O2)cc1. The van der Waals surface area contributed by atoms with Crippen molar-refractivity contribution in [1.29, 1.82) is 0 Å². The first-order valence-electron chi connectivity index (χ1n) is 10.2. The second-order valence-corrected chi connectivity index (χ2v) is 11.6. The van der Waals surface area contributed by atoms with Crippen molar-refractivity contribution >= 4 is 31.6 Å². The summed E-state index contributed by atoms with van der Waals surface area (Å²) in [6.07, 6.45) is 0.280. The van der Waals surface area contributed by atoms with Gasteiger partial charge in [-0.25, -0.2) is 26.3 Å². The molecule has 0 radical (unpaired) electrons. The number of aryl methyl sites for hydroxylation is 1. The molecule has 3 atom stereocenters. The second-order valence-electron chi connectivity index (χ2n) is 7.71. The molecule has 1 fully saturated rings. The molecule has 32 heavy (non-hydrogen) atoms. The number of hydrogen-bond acceptors (Lipinski definition) is 6. The fourth-order valence-corrected chi connectivity index (χ4v) is 6.43. The molecule has 11 heteroatoms. The summed E-state index contributed by atoms with van der Waals surface area (Å²) in [7, 11) is -7.51. The van der Waals surface area contributed by atoms with Crippen LogP contribution in [0.25, 0.3) is 0 Å². The molecule has 176 valence electrons. The number of hydrogen-bond donors (Lipinski definition) is 3. The van der Waals surface area contributed by atoms with Gasteiger partial charge in [-0.05, 0) is 50.5 Å². The van der Waals surface area contributed by atoms with Crippen LogP contribution in [0, 0.1) is 6.92 Å². The van der Waals surface area contributed by atoms with Crippen molar-refractivity contribution < 1.29 is 26.7 Å². The quantitative estimate of drug-likeness (QED) is 0.483. The van der Waals surface area contributed by atoms with Crippen LogP contribution in [0.5, 0.6) is 0 Å². The van der Waals surface area contributed by atoms with E-state index in [1.165, 1.54) is 12.1 Å². The molecular formula is C21H27ClN2O6S2. The Morgan fingerprint density at radius 2 is 1.72 bits per heavy atom. The van der Waals surface area contributed by atoms with Gasteiger partial charge in [0.15, 0.2) is 0 Å². The van der Waals surface area contributed by atoms with Gasteiger partial charge in [0, 0.05) is 6.54 Å². The standard InChI is InChI=1S/C21H27ClN2O6S2/c1-15-6-9-17(10-7-15)31(26,27)23-13-12-16-8-11-19(20(14-25)30-16)24-32(28,29)21-5-3-2-4-18(21)22/h2-7,9-10,16,19-20,23-25H,8,11-14H2,1H3/t16-,19+,20+/m0/s1. The number of aliphatic hydroxyl groups excluding tert-OH is 1. The topological polar surface area (TPSA) is 122 Å². The van der Waals surface area contributed by atoms with Gasteiger partial charge in [-0.2, -0.15) is 0 Å². The van der Waals surface area contributed by atoms with Gasteiger partial charge in [-0.3, -0.25) is 0 Å². The van der Waals surface area contributed by atoms with Gasteiger partial charge in [0.2, 0.25) is 20.0 Å². The van der Waals surface area contributed by atoms with E-state index < -0.39 is 32.2 Å². The number of nitrogens with one attached hydrogen (secondary N) is 2. The van der Waals surface area contributed by atoms with Crippen molar-refractivity contribution in [1.82, 2.24) is 9.44 Å². The molecule has 2 aromatic carbocycles. The molecule has 0 unspecified atom stereocenters. The maximum absolute atomic E-state index is 12.7. The maximum Gasteiger partial charge on any atom is 0.242 e. The van der Waals surface area contributed by atoms with Crippen molar-refractivity contribution in [2.75, 3.05) is 13.2 Å². The van der Waals surface area contributed by atoms with Gasteiger partial charge in [0.25, 0.3) is 0 Å². The third-order valence-electron chi connectivity index (χ3n) is 5.32. The predicted molar refractivity (Wildman–Crippen MR) is 122 cm³/mol. The number of benzene rings is 2. The van der Waals surface area contributed by atoms with Crippen LogP contribution in [0.4, 0.5) is 0 Å².